The summed E-state index contributed by atoms with van der Waals surface area (Å²) >= 11 is 0. The largest absolute Gasteiger partial charge is 0.469 e. The predicted octanol–water partition coefficient (Wildman–Crippen LogP) is 2.63. The van der Waals surface area contributed by atoms with Crippen LogP contribution < -0.4 is 5.32 Å². The topological polar surface area (TPSA) is 41.6 Å². The van der Waals surface area contributed by atoms with Crippen molar-refractivity contribution in [2.45, 2.75) is 38.6 Å². The van der Waals surface area contributed by atoms with Crippen molar-refractivity contribution < 1.29 is 9.53 Å². The number of piperidine rings is 1. The first-order valence-corrected chi connectivity index (χ1v) is 8.73. The first-order chi connectivity index (χ1) is 11.1. The van der Waals surface area contributed by atoms with Crippen LogP contribution in [0.25, 0.3) is 0 Å². The molecule has 4 nitrogen and oxygen atoms in total. The maximum absolute atomic E-state index is 11.7. The number of ether oxygens (including phenoxy) is 1. The molecule has 0 radical (unpaired) electrons. The number of methoxy groups -OCH3 is 1. The molecule has 0 amide bonds. The highest BCUT2D eigenvalue weighted by atomic mass is 16.5. The summed E-state index contributed by atoms with van der Waals surface area (Å²) in [5, 5.41) is 3.34. The van der Waals surface area contributed by atoms with Crippen molar-refractivity contribution in [1.82, 2.24) is 10.2 Å². The molecule has 1 aromatic carbocycles. The lowest BCUT2D eigenvalue weighted by atomic mass is 9.89. The molecule has 1 aromatic rings. The molecule has 2 heterocycles. The average molecular weight is 316 g/mol. The number of hydrogen-bond donors (Lipinski definition) is 1. The Morgan fingerprint density at radius 3 is 2.52 bits per heavy atom. The third-order valence-corrected chi connectivity index (χ3v) is 5.61. The van der Waals surface area contributed by atoms with Crippen molar-refractivity contribution in [3.8, 4) is 0 Å². The lowest BCUT2D eigenvalue weighted by molar-refractivity contribution is -0.147. The SMILES string of the molecule is COC(=O)C1CCN(C(C)c2ccc(C3CNC3)cc2C)CC1. The fraction of sp³-hybridized carbons (Fsp3) is 0.632. The molecule has 0 bridgehead atoms. The van der Waals surface area contributed by atoms with E-state index < -0.39 is 0 Å². The maximum atomic E-state index is 11.7. The Balaban J connectivity index is 1.64. The number of rotatable bonds is 4. The number of hydrogen-bond acceptors (Lipinski definition) is 4. The first-order valence-electron chi connectivity index (χ1n) is 8.73. The van der Waals surface area contributed by atoms with E-state index in [1.807, 2.05) is 0 Å². The monoisotopic (exact) mass is 316 g/mol. The van der Waals surface area contributed by atoms with Gasteiger partial charge in [-0.2, -0.15) is 0 Å². The van der Waals surface area contributed by atoms with Crippen LogP contribution in [0.3, 0.4) is 0 Å². The molecule has 2 fully saturated rings. The first kappa shape index (κ1) is 16.5. The molecule has 1 unspecified atom stereocenters. The van der Waals surface area contributed by atoms with E-state index in [1.54, 1.807) is 0 Å². The van der Waals surface area contributed by atoms with Crippen LogP contribution in [0, 0.1) is 12.8 Å². The van der Waals surface area contributed by atoms with E-state index in [0.717, 1.165) is 39.0 Å². The minimum atomic E-state index is -0.0491. The highest BCUT2D eigenvalue weighted by Gasteiger charge is 2.29. The number of carbonyl (C=O) groups excluding carboxylic acids is 1. The molecule has 2 aliphatic heterocycles. The molecule has 0 spiro atoms. The highest BCUT2D eigenvalue weighted by molar-refractivity contribution is 5.72. The van der Waals surface area contributed by atoms with Crippen LogP contribution in [-0.2, 0) is 9.53 Å². The highest BCUT2D eigenvalue weighted by Crippen LogP contribution is 2.31. The summed E-state index contributed by atoms with van der Waals surface area (Å²) in [6.07, 6.45) is 1.81. The zero-order valence-electron chi connectivity index (χ0n) is 14.5. The summed E-state index contributed by atoms with van der Waals surface area (Å²) in [5.74, 6) is 0.721. The van der Waals surface area contributed by atoms with Gasteiger partial charge in [-0.15, -0.1) is 0 Å². The quantitative estimate of drug-likeness (QED) is 0.867. The number of carbonyl (C=O) groups is 1. The van der Waals surface area contributed by atoms with E-state index in [-0.39, 0.29) is 11.9 Å². The van der Waals surface area contributed by atoms with Gasteiger partial charge in [-0.05, 0) is 56.5 Å². The fourth-order valence-electron chi connectivity index (χ4n) is 3.83. The third-order valence-electron chi connectivity index (χ3n) is 5.61. The van der Waals surface area contributed by atoms with Gasteiger partial charge in [-0.25, -0.2) is 0 Å². The van der Waals surface area contributed by atoms with Gasteiger partial charge in [-0.1, -0.05) is 18.2 Å². The summed E-state index contributed by atoms with van der Waals surface area (Å²) in [4.78, 5) is 14.1. The third kappa shape index (κ3) is 3.43. The van der Waals surface area contributed by atoms with Crippen molar-refractivity contribution in [3.63, 3.8) is 0 Å². The van der Waals surface area contributed by atoms with E-state index in [2.05, 4.69) is 42.3 Å². The lowest BCUT2D eigenvalue weighted by Gasteiger charge is -2.36. The Bertz CT molecular complexity index is 560. The normalized spacial score (nSPS) is 21.7. The van der Waals surface area contributed by atoms with Gasteiger partial charge in [0.1, 0.15) is 0 Å². The van der Waals surface area contributed by atoms with E-state index in [1.165, 1.54) is 23.8 Å². The number of benzene rings is 1. The van der Waals surface area contributed by atoms with Gasteiger partial charge in [0.2, 0.25) is 0 Å². The second kappa shape index (κ2) is 7.02. The predicted molar refractivity (Wildman–Crippen MR) is 91.5 cm³/mol. The van der Waals surface area contributed by atoms with Crippen molar-refractivity contribution in [2.75, 3.05) is 33.3 Å². The Hall–Kier alpha value is -1.39. The molecular weight excluding hydrogens is 288 g/mol. The molecule has 0 aliphatic carbocycles. The molecule has 126 valence electrons. The molecule has 3 rings (SSSR count). The summed E-state index contributed by atoms with van der Waals surface area (Å²) < 4.78 is 4.88. The van der Waals surface area contributed by atoms with Crippen LogP contribution in [0.4, 0.5) is 0 Å². The average Bonchev–Trinajstić information content (AvgIpc) is 2.52. The van der Waals surface area contributed by atoms with Gasteiger partial charge < -0.3 is 10.1 Å². The smallest absolute Gasteiger partial charge is 0.308 e. The van der Waals surface area contributed by atoms with Crippen molar-refractivity contribution in [1.29, 1.82) is 0 Å². The Morgan fingerprint density at radius 2 is 2.00 bits per heavy atom. The van der Waals surface area contributed by atoms with Gasteiger partial charge in [0.25, 0.3) is 0 Å². The zero-order chi connectivity index (χ0) is 16.4. The second-order valence-electron chi connectivity index (χ2n) is 6.98. The minimum Gasteiger partial charge on any atom is -0.469 e. The molecule has 4 heteroatoms. The van der Waals surface area contributed by atoms with Gasteiger partial charge in [0, 0.05) is 25.0 Å². The summed E-state index contributed by atoms with van der Waals surface area (Å²) in [7, 11) is 1.49. The van der Waals surface area contributed by atoms with E-state index >= 15 is 0 Å². The van der Waals surface area contributed by atoms with Crippen LogP contribution in [0.2, 0.25) is 0 Å². The van der Waals surface area contributed by atoms with E-state index in [4.69, 9.17) is 4.74 Å². The fourth-order valence-corrected chi connectivity index (χ4v) is 3.83. The van der Waals surface area contributed by atoms with E-state index in [9.17, 15) is 4.79 Å². The number of likely N-dealkylation sites (tertiary alicyclic amines) is 1. The lowest BCUT2D eigenvalue weighted by Crippen LogP contribution is -2.40. The number of aryl methyl sites for hydroxylation is 1. The molecule has 2 aliphatic rings. The van der Waals surface area contributed by atoms with Crippen molar-refractivity contribution in [3.05, 3.63) is 34.9 Å². The summed E-state index contributed by atoms with van der Waals surface area (Å²) in [6.45, 7) is 8.65. The Morgan fingerprint density at radius 1 is 1.30 bits per heavy atom. The summed E-state index contributed by atoms with van der Waals surface area (Å²) in [5.41, 5.74) is 4.26. The van der Waals surface area contributed by atoms with Crippen molar-refractivity contribution >= 4 is 5.97 Å². The van der Waals surface area contributed by atoms with Gasteiger partial charge in [0.15, 0.2) is 0 Å². The number of nitrogens with zero attached hydrogens (tertiary/aromatic N) is 1. The van der Waals surface area contributed by atoms with Crippen LogP contribution in [0.1, 0.15) is 48.4 Å². The zero-order valence-corrected chi connectivity index (χ0v) is 14.5. The molecule has 0 saturated carbocycles. The van der Waals surface area contributed by atoms with Crippen LogP contribution in [0.15, 0.2) is 18.2 Å². The molecule has 0 aromatic heterocycles. The Labute approximate surface area is 139 Å². The maximum Gasteiger partial charge on any atom is 0.308 e. The molecular formula is C19H28N2O2. The minimum absolute atomic E-state index is 0.0491. The number of nitrogens with one attached hydrogen (secondary N) is 1. The van der Waals surface area contributed by atoms with Crippen molar-refractivity contribution in [2.24, 2.45) is 5.92 Å². The molecule has 1 atom stereocenters. The standard InChI is InChI=1S/C19H28N2O2/c1-13-10-16(17-11-20-12-17)4-5-18(13)14(2)21-8-6-15(7-9-21)19(22)23-3/h4-5,10,14-15,17,20H,6-9,11-12H2,1-3H3. The van der Waals surface area contributed by atoms with Crippen LogP contribution in [-0.4, -0.2) is 44.2 Å². The Kier molecular flexibility index (Phi) is 5.02. The second-order valence-corrected chi connectivity index (χ2v) is 6.98. The molecule has 2 saturated heterocycles. The summed E-state index contributed by atoms with van der Waals surface area (Å²) in [6, 6.07) is 7.37. The van der Waals surface area contributed by atoms with Crippen LogP contribution >= 0.6 is 0 Å². The number of esters is 1. The van der Waals surface area contributed by atoms with Gasteiger partial charge in [-0.3, -0.25) is 9.69 Å². The molecule has 1 N–H and O–H groups in total. The van der Waals surface area contributed by atoms with Gasteiger partial charge >= 0.3 is 5.97 Å². The molecule has 23 heavy (non-hydrogen) atoms. The van der Waals surface area contributed by atoms with Crippen LogP contribution in [0.5, 0.6) is 0 Å². The van der Waals surface area contributed by atoms with E-state index in [0.29, 0.717) is 12.0 Å². The van der Waals surface area contributed by atoms with Gasteiger partial charge in [0.05, 0.1) is 13.0 Å².